The molecule has 20 heavy (non-hydrogen) atoms. The van der Waals surface area contributed by atoms with Gasteiger partial charge in [0.2, 0.25) is 0 Å². The number of carboxylic acid groups (broad SMARTS) is 1. The van der Waals surface area contributed by atoms with Crippen molar-refractivity contribution in [3.05, 3.63) is 5.82 Å². The van der Waals surface area contributed by atoms with Gasteiger partial charge in [-0.2, -0.15) is 0 Å². The van der Waals surface area contributed by atoms with E-state index in [1.165, 1.54) is 0 Å². The molecule has 0 bridgehead atoms. The first-order valence-electron chi connectivity index (χ1n) is 7.24. The molecular weight excluding hydrogens is 260 g/mol. The number of nitrogens with zero attached hydrogens (tertiary/aromatic N) is 4. The molecule has 7 heteroatoms. The zero-order chi connectivity index (χ0) is 14.4. The molecule has 0 atom stereocenters. The Balaban J connectivity index is 2.15. The van der Waals surface area contributed by atoms with Crippen LogP contribution in [0.2, 0.25) is 0 Å². The minimum absolute atomic E-state index is 0.319. The molecule has 0 amide bonds. The monoisotopic (exact) mass is 282 g/mol. The van der Waals surface area contributed by atoms with Gasteiger partial charge < -0.3 is 9.84 Å². The molecule has 0 aliphatic heterocycles. The summed E-state index contributed by atoms with van der Waals surface area (Å²) in [6.07, 6.45) is 5.50. The Kier molecular flexibility index (Phi) is 5.05. The first-order valence-corrected chi connectivity index (χ1v) is 7.24. The Morgan fingerprint density at radius 3 is 2.65 bits per heavy atom. The zero-order valence-electron chi connectivity index (χ0n) is 11.9. The predicted molar refractivity (Wildman–Crippen MR) is 70.9 cm³/mol. The lowest BCUT2D eigenvalue weighted by atomic mass is 9.80. The summed E-state index contributed by atoms with van der Waals surface area (Å²) >= 11 is 0. The van der Waals surface area contributed by atoms with Crippen LogP contribution in [0.1, 0.15) is 51.3 Å². The smallest absolute Gasteiger partial charge is 0.311 e. The van der Waals surface area contributed by atoms with Gasteiger partial charge in [-0.15, -0.1) is 5.10 Å². The molecule has 0 spiro atoms. The van der Waals surface area contributed by atoms with Crippen molar-refractivity contribution in [3.8, 4) is 0 Å². The Labute approximate surface area is 118 Å². The summed E-state index contributed by atoms with van der Waals surface area (Å²) in [5.41, 5.74) is -0.743. The average molecular weight is 282 g/mol. The highest BCUT2D eigenvalue weighted by atomic mass is 16.5. The quantitative estimate of drug-likeness (QED) is 0.798. The second-order valence-corrected chi connectivity index (χ2v) is 5.39. The summed E-state index contributed by atoms with van der Waals surface area (Å²) in [6, 6.07) is 0. The third kappa shape index (κ3) is 3.33. The number of aliphatic carboxylic acids is 1. The second-order valence-electron chi connectivity index (χ2n) is 5.39. The fourth-order valence-corrected chi connectivity index (χ4v) is 2.77. The van der Waals surface area contributed by atoms with E-state index >= 15 is 0 Å². The van der Waals surface area contributed by atoms with E-state index in [0.717, 1.165) is 25.7 Å². The molecule has 0 aromatic carbocycles. The van der Waals surface area contributed by atoms with Crippen LogP contribution in [0.4, 0.5) is 0 Å². The number of carboxylic acids is 1. The van der Waals surface area contributed by atoms with E-state index in [-0.39, 0.29) is 0 Å². The van der Waals surface area contributed by atoms with Gasteiger partial charge in [-0.1, -0.05) is 25.7 Å². The van der Waals surface area contributed by atoms with Crippen LogP contribution >= 0.6 is 0 Å². The van der Waals surface area contributed by atoms with Gasteiger partial charge in [0.25, 0.3) is 0 Å². The number of ether oxygens (including phenoxy) is 1. The summed E-state index contributed by atoms with van der Waals surface area (Å²) in [6.45, 7) is 3.13. The van der Waals surface area contributed by atoms with Crippen LogP contribution in [-0.4, -0.2) is 37.9 Å². The largest absolute Gasteiger partial charge is 0.481 e. The number of carbonyl (C=O) groups is 1. The van der Waals surface area contributed by atoms with Crippen LogP contribution in [-0.2, 0) is 22.7 Å². The number of hydrogen-bond donors (Lipinski definition) is 1. The molecule has 1 aromatic rings. The molecule has 2 rings (SSSR count). The van der Waals surface area contributed by atoms with Gasteiger partial charge in [-0.05, 0) is 30.2 Å². The van der Waals surface area contributed by atoms with Gasteiger partial charge in [-0.25, -0.2) is 4.68 Å². The van der Waals surface area contributed by atoms with E-state index in [2.05, 4.69) is 15.5 Å². The molecule has 1 aliphatic carbocycles. The maximum atomic E-state index is 11.8. The summed E-state index contributed by atoms with van der Waals surface area (Å²) in [5, 5.41) is 21.2. The minimum Gasteiger partial charge on any atom is -0.481 e. The Bertz CT molecular complexity index is 439. The fourth-order valence-electron chi connectivity index (χ4n) is 2.77. The lowest BCUT2D eigenvalue weighted by Crippen LogP contribution is -2.36. The van der Waals surface area contributed by atoms with E-state index < -0.39 is 11.4 Å². The maximum Gasteiger partial charge on any atom is 0.311 e. The number of tetrazole rings is 1. The SMILES string of the molecule is CCOCc1nnnn1CC1(C(=O)O)CCCCCC1. The molecular formula is C13H22N4O3. The molecule has 1 fully saturated rings. The van der Waals surface area contributed by atoms with E-state index in [0.29, 0.717) is 38.4 Å². The third-order valence-corrected chi connectivity index (χ3v) is 4.01. The van der Waals surface area contributed by atoms with Gasteiger partial charge in [0.05, 0.1) is 12.0 Å². The van der Waals surface area contributed by atoms with Gasteiger partial charge in [0.15, 0.2) is 5.82 Å². The molecule has 0 unspecified atom stereocenters. The van der Waals surface area contributed by atoms with Crippen molar-refractivity contribution < 1.29 is 14.6 Å². The van der Waals surface area contributed by atoms with Crippen molar-refractivity contribution in [2.24, 2.45) is 5.41 Å². The molecule has 1 aromatic heterocycles. The molecule has 7 nitrogen and oxygen atoms in total. The molecule has 1 saturated carbocycles. The van der Waals surface area contributed by atoms with Gasteiger partial charge in [0.1, 0.15) is 6.61 Å². The second kappa shape index (κ2) is 6.78. The third-order valence-electron chi connectivity index (χ3n) is 4.01. The topological polar surface area (TPSA) is 90.1 Å². The maximum absolute atomic E-state index is 11.8. The lowest BCUT2D eigenvalue weighted by molar-refractivity contribution is -0.151. The Morgan fingerprint density at radius 2 is 2.05 bits per heavy atom. The summed E-state index contributed by atoms with van der Waals surface area (Å²) in [7, 11) is 0. The van der Waals surface area contributed by atoms with Crippen LogP contribution in [0.15, 0.2) is 0 Å². The standard InChI is InChI=1S/C13H22N4O3/c1-2-20-9-11-14-15-16-17(11)10-13(12(18)19)7-5-3-4-6-8-13/h2-10H2,1H3,(H,18,19). The molecule has 1 aliphatic rings. The fraction of sp³-hybridized carbons (Fsp3) is 0.846. The molecule has 0 radical (unpaired) electrons. The van der Waals surface area contributed by atoms with Crippen molar-refractivity contribution in [2.45, 2.75) is 58.6 Å². The molecule has 0 saturated heterocycles. The van der Waals surface area contributed by atoms with Crippen LogP contribution in [0.5, 0.6) is 0 Å². The summed E-state index contributed by atoms with van der Waals surface area (Å²) in [5.74, 6) is -0.144. The zero-order valence-corrected chi connectivity index (χ0v) is 11.9. The van der Waals surface area contributed by atoms with Crippen LogP contribution in [0, 0.1) is 5.41 Å². The Morgan fingerprint density at radius 1 is 1.35 bits per heavy atom. The van der Waals surface area contributed by atoms with Crippen molar-refractivity contribution in [1.29, 1.82) is 0 Å². The highest BCUT2D eigenvalue weighted by molar-refractivity contribution is 5.74. The van der Waals surface area contributed by atoms with Crippen molar-refractivity contribution in [3.63, 3.8) is 0 Å². The van der Waals surface area contributed by atoms with E-state index in [1.54, 1.807) is 4.68 Å². The Hall–Kier alpha value is -1.50. The number of aromatic nitrogens is 4. The van der Waals surface area contributed by atoms with Crippen molar-refractivity contribution >= 4 is 5.97 Å². The first kappa shape index (κ1) is 14.9. The molecule has 112 valence electrons. The first-order chi connectivity index (χ1) is 9.68. The van der Waals surface area contributed by atoms with Crippen LogP contribution in [0.25, 0.3) is 0 Å². The highest BCUT2D eigenvalue weighted by Gasteiger charge is 2.40. The number of hydrogen-bond acceptors (Lipinski definition) is 5. The van der Waals surface area contributed by atoms with Gasteiger partial charge in [-0.3, -0.25) is 4.79 Å². The summed E-state index contributed by atoms with van der Waals surface area (Å²) < 4.78 is 6.91. The highest BCUT2D eigenvalue weighted by Crippen LogP contribution is 2.37. The van der Waals surface area contributed by atoms with E-state index in [1.807, 2.05) is 6.92 Å². The average Bonchev–Trinajstić information content (AvgIpc) is 2.71. The predicted octanol–water partition coefficient (Wildman–Crippen LogP) is 1.63. The minimum atomic E-state index is -0.743. The van der Waals surface area contributed by atoms with Crippen molar-refractivity contribution in [1.82, 2.24) is 20.2 Å². The van der Waals surface area contributed by atoms with Gasteiger partial charge >= 0.3 is 5.97 Å². The summed E-state index contributed by atoms with van der Waals surface area (Å²) in [4.78, 5) is 11.8. The van der Waals surface area contributed by atoms with E-state index in [9.17, 15) is 9.90 Å². The van der Waals surface area contributed by atoms with Crippen LogP contribution < -0.4 is 0 Å². The molecule has 1 N–H and O–H groups in total. The van der Waals surface area contributed by atoms with Crippen LogP contribution in [0.3, 0.4) is 0 Å². The van der Waals surface area contributed by atoms with Crippen molar-refractivity contribution in [2.75, 3.05) is 6.61 Å². The lowest BCUT2D eigenvalue weighted by Gasteiger charge is -2.27. The van der Waals surface area contributed by atoms with E-state index in [4.69, 9.17) is 4.74 Å². The van der Waals surface area contributed by atoms with Gasteiger partial charge in [0, 0.05) is 6.61 Å². The normalized spacial score (nSPS) is 18.6. The number of rotatable bonds is 6. The molecule has 1 heterocycles.